The number of anilines is 1. The van der Waals surface area contributed by atoms with Gasteiger partial charge in [0.1, 0.15) is 6.04 Å². The molecule has 148 valence electrons. The van der Waals surface area contributed by atoms with Gasteiger partial charge in [-0.2, -0.15) is 0 Å². The first kappa shape index (κ1) is 19.7. The van der Waals surface area contributed by atoms with Gasteiger partial charge in [0.15, 0.2) is 11.5 Å². The van der Waals surface area contributed by atoms with Crippen LogP contribution in [-0.4, -0.2) is 43.5 Å². The maximum atomic E-state index is 12.7. The van der Waals surface area contributed by atoms with E-state index in [-0.39, 0.29) is 18.2 Å². The minimum atomic E-state index is -0.509. The molecule has 1 aliphatic heterocycles. The van der Waals surface area contributed by atoms with Crippen molar-refractivity contribution in [3.63, 3.8) is 0 Å². The molecule has 1 fully saturated rings. The lowest BCUT2D eigenvalue weighted by Crippen LogP contribution is -2.36. The molecule has 6 heteroatoms. The van der Waals surface area contributed by atoms with Gasteiger partial charge in [0.2, 0.25) is 5.91 Å². The Bertz CT molecular complexity index is 848. The monoisotopic (exact) mass is 382 g/mol. The number of likely N-dealkylation sites (tertiary alicyclic amines) is 1. The fourth-order valence-electron chi connectivity index (χ4n) is 3.35. The van der Waals surface area contributed by atoms with E-state index >= 15 is 0 Å². The summed E-state index contributed by atoms with van der Waals surface area (Å²) in [4.78, 5) is 26.4. The topological polar surface area (TPSA) is 67.9 Å². The lowest BCUT2D eigenvalue weighted by atomic mass is 10.1. The Morgan fingerprint density at radius 3 is 2.32 bits per heavy atom. The predicted octanol–water partition coefficient (Wildman–Crippen LogP) is 3.05. The van der Waals surface area contributed by atoms with Gasteiger partial charge in [0, 0.05) is 12.2 Å². The standard InChI is InChI=1S/C22H26N2O4/c1-4-15-5-8-17(9-6-15)23-18-14-21(25)24(22(18)26)12-11-16-7-10-19(27-2)20(13-16)28-3/h5-10,13,18,23H,4,11-12,14H2,1-3H3/t18-/m0/s1. The SMILES string of the molecule is CCc1ccc(N[C@H]2CC(=O)N(CCc3ccc(OC)c(OC)c3)C2=O)cc1. The summed E-state index contributed by atoms with van der Waals surface area (Å²) in [7, 11) is 3.17. The number of rotatable bonds is 8. The average molecular weight is 382 g/mol. The van der Waals surface area contributed by atoms with E-state index in [2.05, 4.69) is 12.2 Å². The van der Waals surface area contributed by atoms with Gasteiger partial charge in [-0.25, -0.2) is 0 Å². The molecule has 3 rings (SSSR count). The van der Waals surface area contributed by atoms with E-state index < -0.39 is 6.04 Å². The van der Waals surface area contributed by atoms with Crippen LogP contribution in [0.3, 0.4) is 0 Å². The molecule has 0 spiro atoms. The van der Waals surface area contributed by atoms with Gasteiger partial charge in [-0.05, 0) is 48.2 Å². The number of ether oxygens (including phenoxy) is 2. The average Bonchev–Trinajstić information content (AvgIpc) is 2.99. The van der Waals surface area contributed by atoms with Crippen LogP contribution in [0.25, 0.3) is 0 Å². The summed E-state index contributed by atoms with van der Waals surface area (Å²) >= 11 is 0. The van der Waals surface area contributed by atoms with Gasteiger partial charge < -0.3 is 14.8 Å². The van der Waals surface area contributed by atoms with Crippen LogP contribution in [0.2, 0.25) is 0 Å². The number of nitrogens with one attached hydrogen (secondary N) is 1. The Morgan fingerprint density at radius 1 is 1.00 bits per heavy atom. The van der Waals surface area contributed by atoms with E-state index in [1.54, 1.807) is 14.2 Å². The summed E-state index contributed by atoms with van der Waals surface area (Å²) in [6.07, 6.45) is 1.71. The van der Waals surface area contributed by atoms with Crippen molar-refractivity contribution in [2.24, 2.45) is 0 Å². The molecule has 1 saturated heterocycles. The number of amides is 2. The predicted molar refractivity (Wildman–Crippen MR) is 108 cm³/mol. The van der Waals surface area contributed by atoms with E-state index in [9.17, 15) is 9.59 Å². The van der Waals surface area contributed by atoms with Crippen LogP contribution in [0.4, 0.5) is 5.69 Å². The number of aryl methyl sites for hydroxylation is 1. The minimum absolute atomic E-state index is 0.145. The van der Waals surface area contributed by atoms with Crippen LogP contribution in [0.1, 0.15) is 24.5 Å². The number of hydrogen-bond donors (Lipinski definition) is 1. The van der Waals surface area contributed by atoms with Crippen LogP contribution in [-0.2, 0) is 22.4 Å². The van der Waals surface area contributed by atoms with Crippen molar-refractivity contribution < 1.29 is 19.1 Å². The van der Waals surface area contributed by atoms with Crippen molar-refractivity contribution in [1.82, 2.24) is 4.90 Å². The Morgan fingerprint density at radius 2 is 1.68 bits per heavy atom. The molecule has 0 aromatic heterocycles. The third kappa shape index (κ3) is 4.27. The highest BCUT2D eigenvalue weighted by Crippen LogP contribution is 2.28. The number of benzene rings is 2. The van der Waals surface area contributed by atoms with Crippen LogP contribution in [0.15, 0.2) is 42.5 Å². The zero-order chi connectivity index (χ0) is 20.1. The zero-order valence-corrected chi connectivity index (χ0v) is 16.5. The van der Waals surface area contributed by atoms with Gasteiger partial charge in [0.25, 0.3) is 5.91 Å². The number of methoxy groups -OCH3 is 2. The molecule has 1 atom stereocenters. The largest absolute Gasteiger partial charge is 0.493 e. The molecular weight excluding hydrogens is 356 g/mol. The van der Waals surface area contributed by atoms with Gasteiger partial charge in [-0.1, -0.05) is 25.1 Å². The van der Waals surface area contributed by atoms with Crippen LogP contribution >= 0.6 is 0 Å². The van der Waals surface area contributed by atoms with Gasteiger partial charge >= 0.3 is 0 Å². The Hall–Kier alpha value is -3.02. The van der Waals surface area contributed by atoms with Crippen molar-refractivity contribution >= 4 is 17.5 Å². The minimum Gasteiger partial charge on any atom is -0.493 e. The molecule has 1 heterocycles. The molecule has 0 saturated carbocycles. The van der Waals surface area contributed by atoms with Crippen molar-refractivity contribution in [3.8, 4) is 11.5 Å². The molecule has 2 amide bonds. The van der Waals surface area contributed by atoms with Crippen molar-refractivity contribution in [2.75, 3.05) is 26.1 Å². The van der Waals surface area contributed by atoms with E-state index in [0.29, 0.717) is 24.5 Å². The molecule has 0 unspecified atom stereocenters. The van der Waals surface area contributed by atoms with Crippen LogP contribution in [0, 0.1) is 0 Å². The zero-order valence-electron chi connectivity index (χ0n) is 16.5. The third-order valence-electron chi connectivity index (χ3n) is 5.02. The molecule has 0 radical (unpaired) electrons. The maximum Gasteiger partial charge on any atom is 0.252 e. The second-order valence-corrected chi connectivity index (χ2v) is 6.77. The number of imide groups is 1. The second kappa shape index (κ2) is 8.78. The second-order valence-electron chi connectivity index (χ2n) is 6.77. The van der Waals surface area contributed by atoms with Crippen LogP contribution in [0.5, 0.6) is 11.5 Å². The third-order valence-corrected chi connectivity index (χ3v) is 5.02. The Labute approximate surface area is 165 Å². The molecular formula is C22H26N2O4. The fourth-order valence-corrected chi connectivity index (χ4v) is 3.35. The van der Waals surface area contributed by atoms with Crippen LogP contribution < -0.4 is 14.8 Å². The lowest BCUT2D eigenvalue weighted by molar-refractivity contribution is -0.138. The van der Waals surface area contributed by atoms with Gasteiger partial charge in [-0.15, -0.1) is 0 Å². The van der Waals surface area contributed by atoms with E-state index in [1.165, 1.54) is 10.5 Å². The summed E-state index contributed by atoms with van der Waals surface area (Å²) in [5.74, 6) is 0.963. The highest BCUT2D eigenvalue weighted by Gasteiger charge is 2.38. The number of nitrogens with zero attached hydrogens (tertiary/aromatic N) is 1. The highest BCUT2D eigenvalue weighted by atomic mass is 16.5. The highest BCUT2D eigenvalue weighted by molar-refractivity contribution is 6.06. The molecule has 2 aromatic carbocycles. The van der Waals surface area contributed by atoms with Crippen molar-refractivity contribution in [2.45, 2.75) is 32.2 Å². The number of carbonyl (C=O) groups excluding carboxylic acids is 2. The normalized spacial score (nSPS) is 16.4. The first-order chi connectivity index (χ1) is 13.5. The lowest BCUT2D eigenvalue weighted by Gasteiger charge is -2.17. The molecule has 1 aliphatic rings. The molecule has 0 aliphatic carbocycles. The van der Waals surface area contributed by atoms with E-state index in [4.69, 9.17) is 9.47 Å². The molecule has 28 heavy (non-hydrogen) atoms. The summed E-state index contributed by atoms with van der Waals surface area (Å²) in [5.41, 5.74) is 3.06. The maximum absolute atomic E-state index is 12.7. The Kier molecular flexibility index (Phi) is 6.19. The van der Waals surface area contributed by atoms with Crippen molar-refractivity contribution in [1.29, 1.82) is 0 Å². The number of hydrogen-bond acceptors (Lipinski definition) is 5. The first-order valence-corrected chi connectivity index (χ1v) is 9.46. The molecule has 2 aromatic rings. The number of carbonyl (C=O) groups is 2. The van der Waals surface area contributed by atoms with Crippen molar-refractivity contribution in [3.05, 3.63) is 53.6 Å². The van der Waals surface area contributed by atoms with Gasteiger partial charge in [-0.3, -0.25) is 14.5 Å². The molecule has 1 N–H and O–H groups in total. The smallest absolute Gasteiger partial charge is 0.252 e. The first-order valence-electron chi connectivity index (χ1n) is 9.46. The molecule has 6 nitrogen and oxygen atoms in total. The summed E-state index contributed by atoms with van der Waals surface area (Å²) in [5, 5.41) is 3.19. The van der Waals surface area contributed by atoms with Gasteiger partial charge in [0.05, 0.1) is 20.6 Å². The fraction of sp³-hybridized carbons (Fsp3) is 0.364. The van der Waals surface area contributed by atoms with E-state index in [0.717, 1.165) is 17.7 Å². The Balaban J connectivity index is 1.62. The summed E-state index contributed by atoms with van der Waals surface area (Å²) < 4.78 is 10.5. The molecule has 0 bridgehead atoms. The quantitative estimate of drug-likeness (QED) is 0.711. The summed E-state index contributed by atoms with van der Waals surface area (Å²) in [6.45, 7) is 2.44. The van der Waals surface area contributed by atoms with E-state index in [1.807, 2.05) is 42.5 Å². The summed E-state index contributed by atoms with van der Waals surface area (Å²) in [6, 6.07) is 13.0.